The van der Waals surface area contributed by atoms with Gasteiger partial charge >= 0.3 is 19.8 Å². The summed E-state index contributed by atoms with van der Waals surface area (Å²) in [5.41, 5.74) is 5.37. The van der Waals surface area contributed by atoms with Crippen molar-refractivity contribution in [2.75, 3.05) is 26.4 Å². The fourth-order valence-electron chi connectivity index (χ4n) is 7.69. The van der Waals surface area contributed by atoms with Crippen LogP contribution in [0.5, 0.6) is 0 Å². The number of unbranched alkanes of at least 4 members (excludes halogenated alkanes) is 30. The lowest BCUT2D eigenvalue weighted by atomic mass is 10.0. The molecule has 10 heteroatoms. The Hall–Kier alpha value is -2.03. The molecule has 65 heavy (non-hydrogen) atoms. The minimum atomic E-state index is -4.40. The van der Waals surface area contributed by atoms with Gasteiger partial charge in [0.05, 0.1) is 13.2 Å². The lowest BCUT2D eigenvalue weighted by Gasteiger charge is -2.19. The number of rotatable bonds is 51. The Morgan fingerprint density at radius 1 is 0.462 bits per heavy atom. The fraction of sp³-hybridized carbons (Fsp3) is 0.818. The normalized spacial score (nSPS) is 13.5. The van der Waals surface area contributed by atoms with Crippen LogP contribution in [-0.2, 0) is 32.7 Å². The van der Waals surface area contributed by atoms with Gasteiger partial charge in [-0.25, -0.2) is 4.57 Å². The molecule has 0 saturated heterocycles. The third-order valence-corrected chi connectivity index (χ3v) is 12.7. The average Bonchev–Trinajstić information content (AvgIpc) is 3.30. The zero-order valence-electron chi connectivity index (χ0n) is 42.2. The fourth-order valence-corrected chi connectivity index (χ4v) is 8.45. The van der Waals surface area contributed by atoms with E-state index in [4.69, 9.17) is 24.3 Å². The van der Waals surface area contributed by atoms with E-state index in [1.807, 2.05) is 6.08 Å². The van der Waals surface area contributed by atoms with Crippen molar-refractivity contribution in [2.24, 2.45) is 5.73 Å². The molecule has 1 unspecified atom stereocenters. The maximum absolute atomic E-state index is 12.6. The molecule has 0 heterocycles. The highest BCUT2D eigenvalue weighted by Crippen LogP contribution is 2.43. The third kappa shape index (κ3) is 51.2. The van der Waals surface area contributed by atoms with Crippen LogP contribution in [-0.4, -0.2) is 49.3 Å². The highest BCUT2D eigenvalue weighted by Gasteiger charge is 2.26. The number of nitrogens with two attached hydrogens (primary N) is 1. The number of esters is 2. The monoisotopic (exact) mass is 936 g/mol. The van der Waals surface area contributed by atoms with Crippen molar-refractivity contribution in [3.05, 3.63) is 48.6 Å². The zero-order chi connectivity index (χ0) is 47.4. The average molecular weight is 936 g/mol. The predicted molar refractivity (Wildman–Crippen MR) is 275 cm³/mol. The maximum Gasteiger partial charge on any atom is 0.472 e. The Kier molecular flexibility index (Phi) is 49.8. The van der Waals surface area contributed by atoms with Crippen molar-refractivity contribution in [2.45, 2.75) is 264 Å². The Labute approximate surface area is 400 Å². The Bertz CT molecular complexity index is 1200. The molecule has 0 saturated carbocycles. The largest absolute Gasteiger partial charge is 0.472 e. The molecule has 3 N–H and O–H groups in total. The number of ether oxygens (including phenoxy) is 2. The summed E-state index contributed by atoms with van der Waals surface area (Å²) in [6, 6.07) is 0. The van der Waals surface area contributed by atoms with Crippen molar-refractivity contribution in [1.29, 1.82) is 0 Å². The Morgan fingerprint density at radius 2 is 0.815 bits per heavy atom. The SMILES string of the molecule is CCCCCCCCC/C=C/C/C=C/C/C=C/C/C=C/CCCC(=O)O[C@H](COC(=O)CCCCCCCCCCCCCCCCCCCCCCCCC)COP(=O)(O)OCCN. The number of phosphoric ester groups is 1. The summed E-state index contributed by atoms with van der Waals surface area (Å²) in [7, 11) is -4.40. The lowest BCUT2D eigenvalue weighted by molar-refractivity contribution is -0.161. The molecule has 0 radical (unpaired) electrons. The smallest absolute Gasteiger partial charge is 0.462 e. The molecule has 0 aliphatic rings. The highest BCUT2D eigenvalue weighted by atomic mass is 31.2. The number of hydrogen-bond acceptors (Lipinski definition) is 8. The molecule has 0 rings (SSSR count). The molecule has 0 aromatic rings. The second-order valence-electron chi connectivity index (χ2n) is 18.1. The number of hydrogen-bond donors (Lipinski definition) is 2. The van der Waals surface area contributed by atoms with E-state index >= 15 is 0 Å². The summed E-state index contributed by atoms with van der Waals surface area (Å²) < 4.78 is 32.9. The second-order valence-corrected chi connectivity index (χ2v) is 19.6. The number of allylic oxidation sites excluding steroid dienone is 8. The molecule has 0 aliphatic carbocycles. The summed E-state index contributed by atoms with van der Waals surface area (Å²) in [4.78, 5) is 35.1. The van der Waals surface area contributed by atoms with Crippen LogP contribution in [0.3, 0.4) is 0 Å². The topological polar surface area (TPSA) is 134 Å². The van der Waals surface area contributed by atoms with E-state index in [2.05, 4.69) is 56.4 Å². The first kappa shape index (κ1) is 63.0. The van der Waals surface area contributed by atoms with Gasteiger partial charge in [-0.15, -0.1) is 0 Å². The quantitative estimate of drug-likeness (QED) is 0.0265. The van der Waals surface area contributed by atoms with Gasteiger partial charge in [-0.2, -0.15) is 0 Å². The van der Waals surface area contributed by atoms with Crippen LogP contribution in [0.15, 0.2) is 48.6 Å². The first-order chi connectivity index (χ1) is 31.8. The number of carbonyl (C=O) groups excluding carboxylic acids is 2. The Balaban J connectivity index is 4.08. The van der Waals surface area contributed by atoms with E-state index in [9.17, 15) is 19.0 Å². The molecule has 0 aliphatic heterocycles. The van der Waals surface area contributed by atoms with Crippen molar-refractivity contribution in [3.63, 3.8) is 0 Å². The first-order valence-corrected chi connectivity index (χ1v) is 28.6. The lowest BCUT2D eigenvalue weighted by Crippen LogP contribution is -2.29. The van der Waals surface area contributed by atoms with Gasteiger partial charge in [0.15, 0.2) is 6.10 Å². The minimum Gasteiger partial charge on any atom is -0.462 e. The third-order valence-electron chi connectivity index (χ3n) is 11.7. The molecule has 0 aromatic carbocycles. The molecule has 2 atom stereocenters. The minimum absolute atomic E-state index is 0.0448. The molecular formula is C55H102NO8P. The van der Waals surface area contributed by atoms with Crippen LogP contribution in [0.4, 0.5) is 0 Å². The van der Waals surface area contributed by atoms with E-state index in [1.165, 1.54) is 180 Å². The van der Waals surface area contributed by atoms with Crippen LogP contribution in [0.2, 0.25) is 0 Å². The first-order valence-electron chi connectivity index (χ1n) is 27.1. The summed E-state index contributed by atoms with van der Waals surface area (Å²) in [6.45, 7) is 3.71. The van der Waals surface area contributed by atoms with Gasteiger partial charge in [0.25, 0.3) is 0 Å². The molecule has 0 fully saturated rings. The highest BCUT2D eigenvalue weighted by molar-refractivity contribution is 7.47. The molecule has 0 amide bonds. The summed E-state index contributed by atoms with van der Waals surface area (Å²) >= 11 is 0. The van der Waals surface area contributed by atoms with Crippen LogP contribution in [0, 0.1) is 0 Å². The zero-order valence-corrected chi connectivity index (χ0v) is 43.1. The van der Waals surface area contributed by atoms with E-state index in [1.54, 1.807) is 0 Å². The van der Waals surface area contributed by atoms with Gasteiger partial charge in [-0.05, 0) is 51.4 Å². The van der Waals surface area contributed by atoms with Gasteiger partial charge in [0.2, 0.25) is 0 Å². The maximum atomic E-state index is 12.6. The second kappa shape index (κ2) is 51.4. The van der Waals surface area contributed by atoms with Crippen molar-refractivity contribution < 1.29 is 37.6 Å². The van der Waals surface area contributed by atoms with Crippen LogP contribution < -0.4 is 5.73 Å². The number of phosphoric acid groups is 1. The summed E-state index contributed by atoms with van der Waals surface area (Å²) in [6.07, 6.45) is 61.7. The van der Waals surface area contributed by atoms with Crippen molar-refractivity contribution in [3.8, 4) is 0 Å². The predicted octanol–water partition coefficient (Wildman–Crippen LogP) is 16.6. The Morgan fingerprint density at radius 3 is 1.23 bits per heavy atom. The van der Waals surface area contributed by atoms with E-state index in [-0.39, 0.29) is 32.6 Å². The van der Waals surface area contributed by atoms with Crippen molar-refractivity contribution >= 4 is 19.8 Å². The van der Waals surface area contributed by atoms with Gasteiger partial charge < -0.3 is 20.1 Å². The standard InChI is InChI=1S/C55H102NO8P/c1-3-5-7-9-11-13-15-17-19-21-23-25-26-28-29-31-33-35-37-39-41-43-45-47-54(57)61-51-53(52-63-65(59,60)62-50-49-56)64-55(58)48-46-44-42-40-38-36-34-32-30-27-24-22-20-18-16-14-12-10-8-6-4-2/h20,22,27,30,34,36,40,42,53H,3-19,21,23-26,28-29,31-33,35,37-39,41,43-52,56H2,1-2H3,(H,59,60)/b22-20+,30-27+,36-34+,42-40+/t53-/m1/s1. The van der Waals surface area contributed by atoms with Crippen LogP contribution in [0.25, 0.3) is 0 Å². The molecule has 9 nitrogen and oxygen atoms in total. The molecule has 380 valence electrons. The summed E-state index contributed by atoms with van der Waals surface area (Å²) in [5, 5.41) is 0. The van der Waals surface area contributed by atoms with Crippen LogP contribution in [0.1, 0.15) is 258 Å². The number of carbonyl (C=O) groups is 2. The van der Waals surface area contributed by atoms with E-state index in [0.29, 0.717) is 12.8 Å². The van der Waals surface area contributed by atoms with Gasteiger partial charge in [0, 0.05) is 19.4 Å². The van der Waals surface area contributed by atoms with E-state index in [0.717, 1.165) is 38.5 Å². The van der Waals surface area contributed by atoms with Crippen molar-refractivity contribution in [1.82, 2.24) is 0 Å². The molecule has 0 bridgehead atoms. The van der Waals surface area contributed by atoms with Gasteiger partial charge in [-0.1, -0.05) is 242 Å². The summed E-state index contributed by atoms with van der Waals surface area (Å²) in [5.74, 6) is -0.884. The van der Waals surface area contributed by atoms with Crippen LogP contribution >= 0.6 is 7.82 Å². The van der Waals surface area contributed by atoms with Gasteiger partial charge in [0.1, 0.15) is 6.61 Å². The molecule has 0 aromatic heterocycles. The van der Waals surface area contributed by atoms with Gasteiger partial charge in [-0.3, -0.25) is 18.6 Å². The van der Waals surface area contributed by atoms with E-state index < -0.39 is 32.5 Å². The molecule has 0 spiro atoms. The molecular weight excluding hydrogens is 834 g/mol.